The second-order valence-electron chi connectivity index (χ2n) is 14.8. The van der Waals surface area contributed by atoms with Gasteiger partial charge in [0.1, 0.15) is 0 Å². The van der Waals surface area contributed by atoms with E-state index in [1.54, 1.807) is 0 Å². The zero-order valence-electron chi connectivity index (χ0n) is 29.9. The molecule has 3 nitrogen and oxygen atoms in total. The first-order chi connectivity index (χ1) is 25.3. The third-order valence-corrected chi connectivity index (χ3v) is 11.5. The van der Waals surface area contributed by atoms with E-state index in [2.05, 4.69) is 155 Å². The molecule has 250 valence electrons. The molecule has 8 aromatic rings. The van der Waals surface area contributed by atoms with Crippen LogP contribution in [0.4, 0.5) is 0 Å². The van der Waals surface area contributed by atoms with Crippen molar-refractivity contribution >= 4 is 10.8 Å². The van der Waals surface area contributed by atoms with Gasteiger partial charge in [0.05, 0.1) is 0 Å². The topological polar surface area (TPSA) is 38.7 Å². The molecule has 7 aromatic carbocycles. The fraction of sp³-hybridized carbons (Fsp3) is 0.122. The lowest BCUT2D eigenvalue weighted by Gasteiger charge is -2.49. The van der Waals surface area contributed by atoms with Crippen LogP contribution >= 0.6 is 0 Å². The molecule has 1 aliphatic carbocycles. The van der Waals surface area contributed by atoms with Gasteiger partial charge in [-0.05, 0) is 78.2 Å². The average Bonchev–Trinajstić information content (AvgIpc) is 3.20. The highest BCUT2D eigenvalue weighted by atomic mass is 15.0. The van der Waals surface area contributed by atoms with E-state index in [1.165, 1.54) is 49.9 Å². The smallest absolute Gasteiger partial charge is 0.164 e. The molecule has 0 aliphatic heterocycles. The van der Waals surface area contributed by atoms with Crippen LogP contribution in [0.1, 0.15) is 38.8 Å². The van der Waals surface area contributed by atoms with Crippen molar-refractivity contribution in [3.63, 3.8) is 0 Å². The molecule has 0 radical (unpaired) electrons. The maximum atomic E-state index is 5.08. The summed E-state index contributed by atoms with van der Waals surface area (Å²) >= 11 is 0. The summed E-state index contributed by atoms with van der Waals surface area (Å²) in [6.45, 7) is 9.62. The Morgan fingerprint density at radius 2 is 0.808 bits per heavy atom. The highest BCUT2D eigenvalue weighted by molar-refractivity contribution is 6.05. The van der Waals surface area contributed by atoms with Crippen LogP contribution in [0.2, 0.25) is 0 Å². The monoisotopic (exact) mass is 669 g/mol. The molecule has 0 N–H and O–H groups in total. The zero-order valence-corrected chi connectivity index (χ0v) is 29.9. The Labute approximate surface area is 305 Å². The van der Waals surface area contributed by atoms with E-state index in [-0.39, 0.29) is 10.8 Å². The van der Waals surface area contributed by atoms with Gasteiger partial charge in [0, 0.05) is 16.7 Å². The van der Waals surface area contributed by atoms with Crippen LogP contribution in [-0.4, -0.2) is 15.0 Å². The van der Waals surface area contributed by atoms with Gasteiger partial charge in [-0.25, -0.2) is 15.0 Å². The minimum Gasteiger partial charge on any atom is -0.208 e. The van der Waals surface area contributed by atoms with E-state index in [0.29, 0.717) is 17.5 Å². The minimum atomic E-state index is -0.122. The van der Waals surface area contributed by atoms with Crippen molar-refractivity contribution in [1.82, 2.24) is 15.0 Å². The van der Waals surface area contributed by atoms with Gasteiger partial charge in [-0.2, -0.15) is 0 Å². The quantitative estimate of drug-likeness (QED) is 0.183. The molecule has 1 aliphatic rings. The fourth-order valence-electron chi connectivity index (χ4n) is 8.02. The van der Waals surface area contributed by atoms with Crippen LogP contribution in [0.3, 0.4) is 0 Å². The molecule has 0 bridgehead atoms. The predicted molar refractivity (Wildman–Crippen MR) is 216 cm³/mol. The lowest BCUT2D eigenvalue weighted by atomic mass is 9.54. The summed E-state index contributed by atoms with van der Waals surface area (Å²) in [5.41, 5.74) is 13.0. The van der Waals surface area contributed by atoms with Gasteiger partial charge in [0.2, 0.25) is 0 Å². The maximum absolute atomic E-state index is 5.08. The van der Waals surface area contributed by atoms with Crippen LogP contribution < -0.4 is 0 Å². The SMILES string of the molecule is CC1(C)c2cc(-c3ccc(-c4nc(-c5ccccc5)nc(-c5ccccc5)n4)c4ccccc34)ccc2-c2c(-c3ccccc3)cccc2C1(C)C. The van der Waals surface area contributed by atoms with Gasteiger partial charge < -0.3 is 0 Å². The molecule has 0 spiro atoms. The van der Waals surface area contributed by atoms with Gasteiger partial charge in [0.25, 0.3) is 0 Å². The lowest BCUT2D eigenvalue weighted by molar-refractivity contribution is 0.299. The van der Waals surface area contributed by atoms with Crippen molar-refractivity contribution in [2.24, 2.45) is 0 Å². The van der Waals surface area contributed by atoms with E-state index >= 15 is 0 Å². The van der Waals surface area contributed by atoms with E-state index in [1.807, 2.05) is 36.4 Å². The Morgan fingerprint density at radius 3 is 1.42 bits per heavy atom. The molecule has 52 heavy (non-hydrogen) atoms. The summed E-state index contributed by atoms with van der Waals surface area (Å²) in [5, 5.41) is 2.28. The van der Waals surface area contributed by atoms with Gasteiger partial charge in [0.15, 0.2) is 17.5 Å². The van der Waals surface area contributed by atoms with Gasteiger partial charge >= 0.3 is 0 Å². The molecule has 3 heteroatoms. The summed E-state index contributed by atoms with van der Waals surface area (Å²) in [6.07, 6.45) is 0. The number of hydrogen-bond acceptors (Lipinski definition) is 3. The normalized spacial score (nSPS) is 14.1. The van der Waals surface area contributed by atoms with E-state index in [4.69, 9.17) is 15.0 Å². The molecule has 1 heterocycles. The van der Waals surface area contributed by atoms with Crippen LogP contribution in [0.25, 0.3) is 78.3 Å². The summed E-state index contributed by atoms with van der Waals surface area (Å²) in [6, 6.07) is 58.2. The van der Waals surface area contributed by atoms with Crippen LogP contribution in [-0.2, 0) is 10.8 Å². The molecular formula is C49H39N3. The van der Waals surface area contributed by atoms with Crippen molar-refractivity contribution in [2.45, 2.75) is 38.5 Å². The van der Waals surface area contributed by atoms with Gasteiger partial charge in [-0.15, -0.1) is 0 Å². The Morgan fingerprint density at radius 1 is 0.327 bits per heavy atom. The molecule has 0 amide bonds. The number of fused-ring (bicyclic) bond motifs is 4. The molecule has 0 unspecified atom stereocenters. The Bertz CT molecular complexity index is 2550. The Balaban J connectivity index is 1.23. The minimum absolute atomic E-state index is 0.101. The van der Waals surface area contributed by atoms with E-state index < -0.39 is 0 Å². The molecule has 0 fully saturated rings. The van der Waals surface area contributed by atoms with Crippen molar-refractivity contribution in [3.05, 3.63) is 175 Å². The number of nitrogens with zero attached hydrogens (tertiary/aromatic N) is 3. The van der Waals surface area contributed by atoms with Gasteiger partial charge in [-0.3, -0.25) is 0 Å². The third kappa shape index (κ3) is 5.07. The van der Waals surface area contributed by atoms with E-state index in [9.17, 15) is 0 Å². The Kier molecular flexibility index (Phi) is 7.48. The number of aromatic nitrogens is 3. The molecular weight excluding hydrogens is 631 g/mol. The summed E-state index contributed by atoms with van der Waals surface area (Å²) in [4.78, 5) is 15.1. The van der Waals surface area contributed by atoms with Crippen molar-refractivity contribution in [1.29, 1.82) is 0 Å². The van der Waals surface area contributed by atoms with E-state index in [0.717, 1.165) is 22.1 Å². The van der Waals surface area contributed by atoms with Crippen molar-refractivity contribution in [3.8, 4) is 67.5 Å². The average molecular weight is 670 g/mol. The second-order valence-corrected chi connectivity index (χ2v) is 14.8. The van der Waals surface area contributed by atoms with Gasteiger partial charge in [-0.1, -0.05) is 179 Å². The summed E-state index contributed by atoms with van der Waals surface area (Å²) < 4.78 is 0. The first kappa shape index (κ1) is 31.8. The van der Waals surface area contributed by atoms with Crippen LogP contribution in [0.15, 0.2) is 164 Å². The third-order valence-electron chi connectivity index (χ3n) is 11.5. The Hall–Kier alpha value is -6.19. The maximum Gasteiger partial charge on any atom is 0.164 e. The lowest BCUT2D eigenvalue weighted by Crippen LogP contribution is -2.43. The largest absolute Gasteiger partial charge is 0.208 e. The van der Waals surface area contributed by atoms with Crippen LogP contribution in [0, 0.1) is 0 Å². The van der Waals surface area contributed by atoms with Crippen molar-refractivity contribution < 1.29 is 0 Å². The predicted octanol–water partition coefficient (Wildman–Crippen LogP) is 12.6. The summed E-state index contributed by atoms with van der Waals surface area (Å²) in [5.74, 6) is 1.98. The van der Waals surface area contributed by atoms with Crippen molar-refractivity contribution in [2.75, 3.05) is 0 Å². The molecule has 1 aromatic heterocycles. The molecule has 0 saturated heterocycles. The summed E-state index contributed by atoms with van der Waals surface area (Å²) in [7, 11) is 0. The zero-order chi connectivity index (χ0) is 35.5. The molecule has 9 rings (SSSR count). The van der Waals surface area contributed by atoms with Crippen LogP contribution in [0.5, 0.6) is 0 Å². The number of rotatable bonds is 5. The fourth-order valence-corrected chi connectivity index (χ4v) is 8.02. The highest BCUT2D eigenvalue weighted by Gasteiger charge is 2.46. The number of benzene rings is 7. The first-order valence-corrected chi connectivity index (χ1v) is 18.0. The standard InChI is InChI=1S/C49H39N3/c1-48(2)42-26-16-25-37(32-17-8-5-9-18-32)44(42)41-28-27-35(31-43(41)49(48,3)4)36-29-30-40(39-24-15-14-23-38(36)39)47-51-45(33-19-10-6-11-20-33)50-46(52-47)34-21-12-7-13-22-34/h5-31H,1-4H3. The molecule has 0 saturated carbocycles. The number of hydrogen-bond donors (Lipinski definition) is 0. The molecule has 0 atom stereocenters. The first-order valence-electron chi connectivity index (χ1n) is 18.0. The highest BCUT2D eigenvalue weighted by Crippen LogP contribution is 2.56. The second kappa shape index (κ2) is 12.2.